The molecule has 0 spiro atoms. The van der Waals surface area contributed by atoms with Gasteiger partial charge in [-0.1, -0.05) is 17.7 Å². The molecular formula is C12H16N2O. The molecule has 80 valence electrons. The topological polar surface area (TPSA) is 41.1 Å². The number of benzene rings is 1. The number of amides is 1. The van der Waals surface area contributed by atoms with Gasteiger partial charge >= 0.3 is 0 Å². The number of rotatable bonds is 2. The van der Waals surface area contributed by atoms with Gasteiger partial charge in [0.1, 0.15) is 0 Å². The Morgan fingerprint density at radius 2 is 2.13 bits per heavy atom. The van der Waals surface area contributed by atoms with Crippen LogP contribution in [-0.4, -0.2) is 18.5 Å². The SMILES string of the molecule is Cc1ccc(NC(=O)[C@@H]2CCCN2)cc1. The van der Waals surface area contributed by atoms with Crippen molar-refractivity contribution in [2.24, 2.45) is 0 Å². The molecule has 1 aliphatic rings. The minimum absolute atomic E-state index is 0.00805. The third kappa shape index (κ3) is 2.57. The second-order valence-electron chi connectivity index (χ2n) is 4.00. The van der Waals surface area contributed by atoms with E-state index in [1.54, 1.807) is 0 Å². The van der Waals surface area contributed by atoms with Crippen LogP contribution in [0.25, 0.3) is 0 Å². The summed E-state index contributed by atoms with van der Waals surface area (Å²) in [7, 11) is 0. The van der Waals surface area contributed by atoms with Crippen LogP contribution in [0.3, 0.4) is 0 Å². The Morgan fingerprint density at radius 3 is 2.73 bits per heavy atom. The standard InChI is InChI=1S/C12H16N2O/c1-9-4-6-10(7-5-9)14-12(15)11-3-2-8-13-11/h4-7,11,13H,2-3,8H2,1H3,(H,14,15)/t11-/m0/s1. The van der Waals surface area contributed by atoms with E-state index in [0.717, 1.165) is 25.1 Å². The number of aryl methyl sites for hydroxylation is 1. The van der Waals surface area contributed by atoms with E-state index >= 15 is 0 Å². The molecule has 0 saturated carbocycles. The fourth-order valence-corrected chi connectivity index (χ4v) is 1.77. The van der Waals surface area contributed by atoms with Gasteiger partial charge in [0.25, 0.3) is 0 Å². The molecule has 0 aliphatic carbocycles. The number of carbonyl (C=O) groups is 1. The maximum Gasteiger partial charge on any atom is 0.241 e. The number of hydrogen-bond donors (Lipinski definition) is 2. The van der Waals surface area contributed by atoms with Crippen molar-refractivity contribution in [2.45, 2.75) is 25.8 Å². The zero-order chi connectivity index (χ0) is 10.7. The predicted octanol–water partition coefficient (Wildman–Crippen LogP) is 1.69. The van der Waals surface area contributed by atoms with Crippen molar-refractivity contribution >= 4 is 11.6 Å². The average molecular weight is 204 g/mol. The summed E-state index contributed by atoms with van der Waals surface area (Å²) >= 11 is 0. The Kier molecular flexibility index (Phi) is 3.02. The van der Waals surface area contributed by atoms with Crippen molar-refractivity contribution in [2.75, 3.05) is 11.9 Å². The normalized spacial score (nSPS) is 20.2. The van der Waals surface area contributed by atoms with Crippen LogP contribution in [0, 0.1) is 6.92 Å². The first-order valence-electron chi connectivity index (χ1n) is 5.36. The second-order valence-corrected chi connectivity index (χ2v) is 4.00. The zero-order valence-electron chi connectivity index (χ0n) is 8.92. The molecule has 3 nitrogen and oxygen atoms in total. The van der Waals surface area contributed by atoms with Crippen molar-refractivity contribution in [1.29, 1.82) is 0 Å². The van der Waals surface area contributed by atoms with Crippen molar-refractivity contribution < 1.29 is 4.79 Å². The number of hydrogen-bond acceptors (Lipinski definition) is 2. The monoisotopic (exact) mass is 204 g/mol. The lowest BCUT2D eigenvalue weighted by molar-refractivity contribution is -0.117. The Morgan fingerprint density at radius 1 is 1.40 bits per heavy atom. The molecule has 1 aromatic carbocycles. The van der Waals surface area contributed by atoms with Crippen LogP contribution in [-0.2, 0) is 4.79 Å². The molecule has 1 aromatic rings. The third-order valence-corrected chi connectivity index (χ3v) is 2.70. The van der Waals surface area contributed by atoms with Crippen LogP contribution in [0.2, 0.25) is 0 Å². The Hall–Kier alpha value is -1.35. The number of carbonyl (C=O) groups excluding carboxylic acids is 1. The predicted molar refractivity (Wildman–Crippen MR) is 60.8 cm³/mol. The van der Waals surface area contributed by atoms with Crippen LogP contribution in [0.15, 0.2) is 24.3 Å². The quantitative estimate of drug-likeness (QED) is 0.769. The summed E-state index contributed by atoms with van der Waals surface area (Å²) in [5.41, 5.74) is 2.08. The highest BCUT2D eigenvalue weighted by Gasteiger charge is 2.21. The molecule has 1 saturated heterocycles. The van der Waals surface area contributed by atoms with Crippen LogP contribution in [0.5, 0.6) is 0 Å². The lowest BCUT2D eigenvalue weighted by Crippen LogP contribution is -2.35. The molecular weight excluding hydrogens is 188 g/mol. The lowest BCUT2D eigenvalue weighted by Gasteiger charge is -2.10. The molecule has 0 bridgehead atoms. The fourth-order valence-electron chi connectivity index (χ4n) is 1.77. The van der Waals surface area contributed by atoms with Crippen molar-refractivity contribution in [1.82, 2.24) is 5.32 Å². The van der Waals surface area contributed by atoms with E-state index in [1.165, 1.54) is 5.56 Å². The number of nitrogens with one attached hydrogen (secondary N) is 2. The molecule has 2 N–H and O–H groups in total. The van der Waals surface area contributed by atoms with Gasteiger partial charge in [0.2, 0.25) is 5.91 Å². The highest BCUT2D eigenvalue weighted by atomic mass is 16.2. The summed E-state index contributed by atoms with van der Waals surface area (Å²) in [5, 5.41) is 6.09. The van der Waals surface area contributed by atoms with Gasteiger partial charge < -0.3 is 10.6 Å². The van der Waals surface area contributed by atoms with Gasteiger partial charge in [-0.3, -0.25) is 4.79 Å². The molecule has 1 heterocycles. The summed E-state index contributed by atoms with van der Waals surface area (Å²) in [5.74, 6) is 0.0800. The molecule has 3 heteroatoms. The summed E-state index contributed by atoms with van der Waals surface area (Å²) in [6.45, 7) is 2.98. The molecule has 0 aromatic heterocycles. The van der Waals surface area contributed by atoms with E-state index in [-0.39, 0.29) is 11.9 Å². The highest BCUT2D eigenvalue weighted by molar-refractivity contribution is 5.94. The maximum absolute atomic E-state index is 11.7. The smallest absolute Gasteiger partial charge is 0.241 e. The highest BCUT2D eigenvalue weighted by Crippen LogP contribution is 2.11. The van der Waals surface area contributed by atoms with E-state index in [0.29, 0.717) is 0 Å². The van der Waals surface area contributed by atoms with Crippen LogP contribution in [0.4, 0.5) is 5.69 Å². The summed E-state index contributed by atoms with van der Waals surface area (Å²) < 4.78 is 0. The van der Waals surface area contributed by atoms with Crippen molar-refractivity contribution in [3.05, 3.63) is 29.8 Å². The zero-order valence-corrected chi connectivity index (χ0v) is 8.92. The molecule has 0 unspecified atom stereocenters. The van der Waals surface area contributed by atoms with E-state index in [1.807, 2.05) is 31.2 Å². The van der Waals surface area contributed by atoms with Gasteiger partial charge in [0.05, 0.1) is 6.04 Å². The Labute approximate surface area is 89.9 Å². The van der Waals surface area contributed by atoms with Gasteiger partial charge in [0.15, 0.2) is 0 Å². The summed E-state index contributed by atoms with van der Waals surface area (Å²) in [4.78, 5) is 11.7. The first-order valence-corrected chi connectivity index (χ1v) is 5.36. The van der Waals surface area contributed by atoms with Gasteiger partial charge in [-0.2, -0.15) is 0 Å². The molecule has 1 aliphatic heterocycles. The molecule has 1 fully saturated rings. The van der Waals surface area contributed by atoms with Crippen molar-refractivity contribution in [3.63, 3.8) is 0 Å². The molecule has 1 atom stereocenters. The first kappa shape index (κ1) is 10.2. The molecule has 15 heavy (non-hydrogen) atoms. The fraction of sp³-hybridized carbons (Fsp3) is 0.417. The van der Waals surface area contributed by atoms with Crippen molar-refractivity contribution in [3.8, 4) is 0 Å². The van der Waals surface area contributed by atoms with Crippen LogP contribution < -0.4 is 10.6 Å². The van der Waals surface area contributed by atoms with Crippen LogP contribution >= 0.6 is 0 Å². The largest absolute Gasteiger partial charge is 0.325 e. The summed E-state index contributed by atoms with van der Waals surface area (Å²) in [6.07, 6.45) is 2.03. The van der Waals surface area contributed by atoms with E-state index < -0.39 is 0 Å². The minimum atomic E-state index is -0.00805. The molecule has 0 radical (unpaired) electrons. The summed E-state index contributed by atoms with van der Waals surface area (Å²) in [6, 6.07) is 7.85. The average Bonchev–Trinajstić information content (AvgIpc) is 2.74. The van der Waals surface area contributed by atoms with Gasteiger partial charge in [-0.25, -0.2) is 0 Å². The van der Waals surface area contributed by atoms with E-state index in [9.17, 15) is 4.79 Å². The third-order valence-electron chi connectivity index (χ3n) is 2.70. The molecule has 1 amide bonds. The van der Waals surface area contributed by atoms with E-state index in [2.05, 4.69) is 10.6 Å². The van der Waals surface area contributed by atoms with Gasteiger partial charge in [-0.15, -0.1) is 0 Å². The van der Waals surface area contributed by atoms with Crippen LogP contribution in [0.1, 0.15) is 18.4 Å². The minimum Gasteiger partial charge on any atom is -0.325 e. The Balaban J connectivity index is 1.96. The van der Waals surface area contributed by atoms with Gasteiger partial charge in [-0.05, 0) is 38.4 Å². The molecule has 2 rings (SSSR count). The first-order chi connectivity index (χ1) is 7.25. The maximum atomic E-state index is 11.7. The van der Waals surface area contributed by atoms with Gasteiger partial charge in [0, 0.05) is 5.69 Å². The van der Waals surface area contributed by atoms with E-state index in [4.69, 9.17) is 0 Å². The number of anilines is 1. The Bertz CT molecular complexity index is 339. The lowest BCUT2D eigenvalue weighted by atomic mass is 10.2. The second kappa shape index (κ2) is 4.45.